The largest absolute Gasteiger partial charge is 0.393 e. The van der Waals surface area contributed by atoms with Crippen molar-refractivity contribution in [2.75, 3.05) is 0 Å². The summed E-state index contributed by atoms with van der Waals surface area (Å²) in [5, 5.41) is 9.50. The van der Waals surface area contributed by atoms with Gasteiger partial charge < -0.3 is 5.11 Å². The molecule has 0 fully saturated rings. The molecule has 0 aromatic carbocycles. The van der Waals surface area contributed by atoms with E-state index in [9.17, 15) is 5.11 Å². The summed E-state index contributed by atoms with van der Waals surface area (Å²) >= 11 is 0. The van der Waals surface area contributed by atoms with Gasteiger partial charge in [-0.2, -0.15) is 0 Å². The smallest absolute Gasteiger partial charge is 0.0585 e. The van der Waals surface area contributed by atoms with Crippen LogP contribution in [-0.4, -0.2) is 11.2 Å². The molecule has 0 aromatic rings. The van der Waals surface area contributed by atoms with Crippen LogP contribution in [0, 0.1) is 5.41 Å². The van der Waals surface area contributed by atoms with Gasteiger partial charge in [-0.15, -0.1) is 0 Å². The molecule has 0 bridgehead atoms. The van der Waals surface area contributed by atoms with Gasteiger partial charge in [0, 0.05) is 0 Å². The second-order valence-corrected chi connectivity index (χ2v) is 4.35. The van der Waals surface area contributed by atoms with Gasteiger partial charge in [0.05, 0.1) is 6.10 Å². The normalized spacial score (nSPS) is 30.8. The topological polar surface area (TPSA) is 20.2 Å². The van der Waals surface area contributed by atoms with E-state index in [2.05, 4.69) is 27.7 Å². The van der Waals surface area contributed by atoms with Crippen LogP contribution in [0.5, 0.6) is 0 Å². The Morgan fingerprint density at radius 1 is 1.36 bits per heavy atom. The molecule has 1 heteroatoms. The third-order valence-electron chi connectivity index (χ3n) is 2.94. The zero-order valence-electron chi connectivity index (χ0n) is 7.94. The highest BCUT2D eigenvalue weighted by Crippen LogP contribution is 2.39. The summed E-state index contributed by atoms with van der Waals surface area (Å²) in [7, 11) is 0. The highest BCUT2D eigenvalue weighted by atomic mass is 16.3. The summed E-state index contributed by atoms with van der Waals surface area (Å²) in [5.74, 6) is 0. The lowest BCUT2D eigenvalue weighted by atomic mass is 9.72. The van der Waals surface area contributed by atoms with Crippen molar-refractivity contribution in [3.05, 3.63) is 11.1 Å². The maximum absolute atomic E-state index is 9.50. The van der Waals surface area contributed by atoms with Gasteiger partial charge >= 0.3 is 0 Å². The summed E-state index contributed by atoms with van der Waals surface area (Å²) in [6, 6.07) is 0. The van der Waals surface area contributed by atoms with Crippen molar-refractivity contribution in [1.29, 1.82) is 0 Å². The van der Waals surface area contributed by atoms with E-state index in [0.29, 0.717) is 0 Å². The number of allylic oxidation sites excluding steroid dienone is 1. The Morgan fingerprint density at radius 3 is 2.36 bits per heavy atom. The monoisotopic (exact) mass is 154 g/mol. The molecule has 0 spiro atoms. The molecular weight excluding hydrogens is 136 g/mol. The van der Waals surface area contributed by atoms with E-state index in [-0.39, 0.29) is 11.5 Å². The average Bonchev–Trinajstić information content (AvgIpc) is 1.81. The van der Waals surface area contributed by atoms with E-state index < -0.39 is 0 Å². The van der Waals surface area contributed by atoms with Crippen molar-refractivity contribution in [2.45, 2.75) is 46.6 Å². The molecule has 1 N–H and O–H groups in total. The molecule has 0 radical (unpaired) electrons. The molecule has 0 heterocycles. The Morgan fingerprint density at radius 2 is 1.91 bits per heavy atom. The van der Waals surface area contributed by atoms with Crippen LogP contribution in [0.2, 0.25) is 0 Å². The van der Waals surface area contributed by atoms with E-state index in [1.807, 2.05) is 0 Å². The molecule has 1 atom stereocenters. The summed E-state index contributed by atoms with van der Waals surface area (Å²) in [4.78, 5) is 0. The first-order valence-corrected chi connectivity index (χ1v) is 4.28. The number of aliphatic hydroxyl groups is 1. The van der Waals surface area contributed by atoms with Gasteiger partial charge in [-0.25, -0.2) is 0 Å². The molecular formula is C10H18O. The quantitative estimate of drug-likeness (QED) is 0.531. The maximum atomic E-state index is 9.50. The van der Waals surface area contributed by atoms with Crippen molar-refractivity contribution >= 4 is 0 Å². The Labute approximate surface area is 69.1 Å². The minimum absolute atomic E-state index is 0.117. The molecule has 64 valence electrons. The van der Waals surface area contributed by atoms with Crippen molar-refractivity contribution < 1.29 is 5.11 Å². The third-order valence-corrected chi connectivity index (χ3v) is 2.94. The zero-order valence-corrected chi connectivity index (χ0v) is 7.94. The van der Waals surface area contributed by atoms with Gasteiger partial charge in [0.2, 0.25) is 0 Å². The van der Waals surface area contributed by atoms with Crippen molar-refractivity contribution in [1.82, 2.24) is 0 Å². The molecule has 0 aromatic heterocycles. The van der Waals surface area contributed by atoms with Crippen LogP contribution in [0.3, 0.4) is 0 Å². The first kappa shape index (κ1) is 8.79. The molecule has 1 aliphatic carbocycles. The fourth-order valence-electron chi connectivity index (χ4n) is 1.90. The lowest BCUT2D eigenvalue weighted by molar-refractivity contribution is 0.115. The van der Waals surface area contributed by atoms with E-state index in [4.69, 9.17) is 0 Å². The van der Waals surface area contributed by atoms with Crippen LogP contribution in [0.1, 0.15) is 40.5 Å². The van der Waals surface area contributed by atoms with E-state index in [1.165, 1.54) is 11.1 Å². The highest BCUT2D eigenvalue weighted by Gasteiger charge is 2.29. The third kappa shape index (κ3) is 1.64. The lowest BCUT2D eigenvalue weighted by Crippen LogP contribution is -2.27. The zero-order chi connectivity index (χ0) is 8.65. The van der Waals surface area contributed by atoms with Gasteiger partial charge in [-0.3, -0.25) is 0 Å². The van der Waals surface area contributed by atoms with Crippen LogP contribution < -0.4 is 0 Å². The van der Waals surface area contributed by atoms with E-state index in [1.54, 1.807) is 0 Å². The molecule has 0 aliphatic heterocycles. The van der Waals surface area contributed by atoms with Crippen LogP contribution in [-0.2, 0) is 0 Å². The van der Waals surface area contributed by atoms with Gasteiger partial charge in [-0.05, 0) is 32.1 Å². The van der Waals surface area contributed by atoms with Crippen LogP contribution in [0.4, 0.5) is 0 Å². The summed E-state index contributed by atoms with van der Waals surface area (Å²) in [6.45, 7) is 8.71. The van der Waals surface area contributed by atoms with Crippen LogP contribution in [0.15, 0.2) is 11.1 Å². The van der Waals surface area contributed by atoms with Crippen LogP contribution >= 0.6 is 0 Å². The summed E-state index contributed by atoms with van der Waals surface area (Å²) in [6.07, 6.45) is 1.67. The maximum Gasteiger partial charge on any atom is 0.0585 e. The van der Waals surface area contributed by atoms with E-state index >= 15 is 0 Å². The van der Waals surface area contributed by atoms with Gasteiger partial charge in [0.1, 0.15) is 0 Å². The predicted molar refractivity (Wildman–Crippen MR) is 47.4 cm³/mol. The van der Waals surface area contributed by atoms with Crippen molar-refractivity contribution in [2.24, 2.45) is 5.41 Å². The van der Waals surface area contributed by atoms with Gasteiger partial charge in [0.25, 0.3) is 0 Å². The summed E-state index contributed by atoms with van der Waals surface area (Å²) < 4.78 is 0. The second kappa shape index (κ2) is 2.63. The first-order chi connectivity index (χ1) is 4.93. The Kier molecular flexibility index (Phi) is 2.10. The molecule has 1 aliphatic rings. The fraction of sp³-hybridized carbons (Fsp3) is 0.800. The minimum Gasteiger partial charge on any atom is -0.393 e. The molecule has 0 saturated heterocycles. The van der Waals surface area contributed by atoms with Gasteiger partial charge in [0.15, 0.2) is 0 Å². The molecule has 11 heavy (non-hydrogen) atoms. The average molecular weight is 154 g/mol. The Bertz CT molecular complexity index is 189. The van der Waals surface area contributed by atoms with Crippen molar-refractivity contribution in [3.8, 4) is 0 Å². The standard InChI is InChI=1S/C10H18O/c1-7-5-9(11)6-10(3,4)8(7)2/h9,11H,5-6H2,1-4H3/t9-/m1/s1. The highest BCUT2D eigenvalue weighted by molar-refractivity contribution is 5.21. The van der Waals surface area contributed by atoms with Gasteiger partial charge in [-0.1, -0.05) is 25.0 Å². The molecule has 1 nitrogen and oxygen atoms in total. The number of hydrogen-bond donors (Lipinski definition) is 1. The molecule has 1 rings (SSSR count). The lowest BCUT2D eigenvalue weighted by Gasteiger charge is -2.35. The van der Waals surface area contributed by atoms with Crippen molar-refractivity contribution in [3.63, 3.8) is 0 Å². The Hall–Kier alpha value is -0.300. The van der Waals surface area contributed by atoms with Crippen LogP contribution in [0.25, 0.3) is 0 Å². The van der Waals surface area contributed by atoms with E-state index in [0.717, 1.165) is 12.8 Å². The minimum atomic E-state index is -0.117. The summed E-state index contributed by atoms with van der Waals surface area (Å²) in [5.41, 5.74) is 3.04. The first-order valence-electron chi connectivity index (χ1n) is 4.28. The number of aliphatic hydroxyl groups excluding tert-OH is 1. The fourth-order valence-corrected chi connectivity index (χ4v) is 1.90. The SMILES string of the molecule is CC1=C(C)C(C)(C)C[C@H](O)C1. The molecule has 0 unspecified atom stereocenters. The number of rotatable bonds is 0. The second-order valence-electron chi connectivity index (χ2n) is 4.35. The Balaban J connectivity index is 2.93. The number of hydrogen-bond acceptors (Lipinski definition) is 1. The molecule has 0 amide bonds. The predicted octanol–water partition coefficient (Wildman–Crippen LogP) is 2.50. The molecule has 0 saturated carbocycles.